The van der Waals surface area contributed by atoms with Crippen LogP contribution in [0, 0.1) is 22.7 Å². The highest BCUT2D eigenvalue weighted by Gasteiger charge is 2.41. The van der Waals surface area contributed by atoms with Gasteiger partial charge in [0.15, 0.2) is 0 Å². The normalized spacial score (nSPS) is 25.4. The summed E-state index contributed by atoms with van der Waals surface area (Å²) in [6.45, 7) is 24.9. The maximum atomic E-state index is 11.2. The van der Waals surface area contributed by atoms with Gasteiger partial charge in [-0.1, -0.05) is 86.5 Å². The van der Waals surface area contributed by atoms with E-state index in [-0.39, 0.29) is 6.10 Å². The minimum Gasteiger partial charge on any atom is -0.394 e. The maximum absolute atomic E-state index is 11.2. The fourth-order valence-corrected chi connectivity index (χ4v) is 6.69. The molecule has 6 heteroatoms. The van der Waals surface area contributed by atoms with Crippen LogP contribution in [0.15, 0.2) is 47.2 Å². The molecule has 1 saturated carbocycles. The first kappa shape index (κ1) is 39.3. The molecule has 0 bridgehead atoms. The third-order valence-electron chi connectivity index (χ3n) is 7.48. The van der Waals surface area contributed by atoms with Crippen LogP contribution in [0.4, 0.5) is 0 Å². The third-order valence-corrected chi connectivity index (χ3v) is 8.39. The summed E-state index contributed by atoms with van der Waals surface area (Å²) in [7, 11) is 1.94. The van der Waals surface area contributed by atoms with Gasteiger partial charge in [-0.15, -0.1) is 11.8 Å². The van der Waals surface area contributed by atoms with Crippen molar-refractivity contribution < 1.29 is 9.90 Å². The number of aliphatic hydroxyl groups excluding tert-OH is 1. The molecule has 3 unspecified atom stereocenters. The van der Waals surface area contributed by atoms with Gasteiger partial charge in [0.1, 0.15) is 0 Å². The highest BCUT2D eigenvalue weighted by molar-refractivity contribution is 8.02. The van der Waals surface area contributed by atoms with E-state index in [2.05, 4.69) is 81.5 Å². The van der Waals surface area contributed by atoms with Gasteiger partial charge in [-0.05, 0) is 66.9 Å². The van der Waals surface area contributed by atoms with Crippen molar-refractivity contribution in [3.63, 3.8) is 0 Å². The van der Waals surface area contributed by atoms with Crippen molar-refractivity contribution >= 4 is 18.2 Å². The second-order valence-corrected chi connectivity index (χ2v) is 13.6. The molecule has 1 saturated heterocycles. The molecule has 3 rings (SSSR count). The molecule has 1 amide bonds. The lowest BCUT2D eigenvalue weighted by Gasteiger charge is -2.48. The molecular formula is C35H65N3O2S. The van der Waals surface area contributed by atoms with Crippen LogP contribution in [0.1, 0.15) is 101 Å². The highest BCUT2D eigenvalue weighted by Crippen LogP contribution is 2.53. The number of nitrogens with zero attached hydrogens (tertiary/aromatic N) is 2. The van der Waals surface area contributed by atoms with E-state index in [9.17, 15) is 4.79 Å². The monoisotopic (exact) mass is 591 g/mol. The Hall–Kier alpha value is -1.66. The standard InChI is InChI=1S/C27H43N3OS.C3H8O.C3H8.C2H6/c1-6-27(4)18-23(17-26(2,3)20-27)24-9-7-22(19-32-16-11-28-5)8-10-25(24)30-14-12-29(21-31)13-15-30;1-3(2)4;1-3-2;1-2/h7-11,16,21-23,28H,6,12-15,17-20H2,1-5H3;3-4H,1-2H3;3H2,1-2H3;1-2H3/b16-11-;;;. The largest absolute Gasteiger partial charge is 0.394 e. The Morgan fingerprint density at radius 3 is 2.12 bits per heavy atom. The van der Waals surface area contributed by atoms with Crippen LogP contribution in [0.5, 0.6) is 0 Å². The van der Waals surface area contributed by atoms with Crippen molar-refractivity contribution in [2.45, 2.75) is 107 Å². The third kappa shape index (κ3) is 15.4. The van der Waals surface area contributed by atoms with E-state index in [4.69, 9.17) is 5.11 Å². The van der Waals surface area contributed by atoms with Gasteiger partial charge in [0.25, 0.3) is 0 Å². The zero-order valence-electron chi connectivity index (χ0n) is 28.5. The van der Waals surface area contributed by atoms with Crippen molar-refractivity contribution in [1.29, 1.82) is 0 Å². The maximum Gasteiger partial charge on any atom is 0.209 e. The van der Waals surface area contributed by atoms with Crippen molar-refractivity contribution in [1.82, 2.24) is 15.1 Å². The van der Waals surface area contributed by atoms with Gasteiger partial charge in [-0.2, -0.15) is 0 Å². The van der Waals surface area contributed by atoms with E-state index in [1.165, 1.54) is 43.4 Å². The quantitative estimate of drug-likeness (QED) is 0.278. The van der Waals surface area contributed by atoms with E-state index in [0.29, 0.717) is 22.7 Å². The molecule has 1 aliphatic heterocycles. The van der Waals surface area contributed by atoms with Crippen LogP contribution >= 0.6 is 11.8 Å². The molecular weight excluding hydrogens is 526 g/mol. The van der Waals surface area contributed by atoms with Gasteiger partial charge in [0.05, 0.1) is 0 Å². The predicted octanol–water partition coefficient (Wildman–Crippen LogP) is 8.25. The Labute approximate surface area is 259 Å². The Morgan fingerprint density at radius 2 is 1.61 bits per heavy atom. The number of hydrogen-bond acceptors (Lipinski definition) is 5. The molecule has 41 heavy (non-hydrogen) atoms. The van der Waals surface area contributed by atoms with Crippen LogP contribution in [-0.4, -0.2) is 66.4 Å². The number of nitrogens with one attached hydrogen (secondary N) is 1. The minimum absolute atomic E-state index is 0.167. The average molecular weight is 592 g/mol. The summed E-state index contributed by atoms with van der Waals surface area (Å²) in [5, 5.41) is 13.3. The molecule has 0 aromatic heterocycles. The molecule has 0 spiro atoms. The van der Waals surface area contributed by atoms with Crippen molar-refractivity contribution in [3.05, 3.63) is 47.2 Å². The van der Waals surface area contributed by atoms with Gasteiger partial charge in [-0.25, -0.2) is 0 Å². The summed E-state index contributed by atoms with van der Waals surface area (Å²) >= 11 is 1.85. The first-order valence-electron chi connectivity index (χ1n) is 16.1. The molecule has 1 heterocycles. The molecule has 2 fully saturated rings. The van der Waals surface area contributed by atoms with E-state index >= 15 is 0 Å². The Morgan fingerprint density at radius 1 is 1.05 bits per heavy atom. The average Bonchev–Trinajstić information content (AvgIpc) is 3.14. The lowest BCUT2D eigenvalue weighted by atomic mass is 9.58. The molecule has 2 aliphatic carbocycles. The zero-order chi connectivity index (χ0) is 31.5. The van der Waals surface area contributed by atoms with Crippen molar-refractivity contribution in [3.8, 4) is 0 Å². The van der Waals surface area contributed by atoms with Gasteiger partial charge in [0, 0.05) is 62.9 Å². The topological polar surface area (TPSA) is 55.8 Å². The molecule has 0 aromatic carbocycles. The van der Waals surface area contributed by atoms with Gasteiger partial charge >= 0.3 is 0 Å². The number of piperazine rings is 1. The molecule has 3 atom stereocenters. The van der Waals surface area contributed by atoms with Crippen LogP contribution in [-0.2, 0) is 4.79 Å². The second kappa shape index (κ2) is 21.1. The lowest BCUT2D eigenvalue weighted by molar-refractivity contribution is -0.119. The number of carbonyl (C=O) groups is 1. The SMILES string of the molecule is CC.CC(C)O.CCC.CCC1(C)CC(C2=C(N3CCN(C=O)CC3)C=CC(CS/C=C\NC)C=C2)CC(C)(C)C1. The van der Waals surface area contributed by atoms with Crippen molar-refractivity contribution in [2.75, 3.05) is 39.0 Å². The summed E-state index contributed by atoms with van der Waals surface area (Å²) in [5.41, 5.74) is 3.68. The molecule has 238 valence electrons. The van der Waals surface area contributed by atoms with Gasteiger partial charge in [0.2, 0.25) is 6.41 Å². The first-order chi connectivity index (χ1) is 19.4. The van der Waals surface area contributed by atoms with E-state index < -0.39 is 0 Å². The number of rotatable bonds is 8. The fraction of sp³-hybridized carbons (Fsp3) is 0.743. The molecule has 0 aromatic rings. The first-order valence-corrected chi connectivity index (χ1v) is 17.2. The number of amides is 1. The van der Waals surface area contributed by atoms with Crippen LogP contribution in [0.3, 0.4) is 0 Å². The van der Waals surface area contributed by atoms with Crippen LogP contribution in [0.2, 0.25) is 0 Å². The highest BCUT2D eigenvalue weighted by atomic mass is 32.2. The number of hydrogen-bond donors (Lipinski definition) is 2. The van der Waals surface area contributed by atoms with Crippen LogP contribution < -0.4 is 5.32 Å². The van der Waals surface area contributed by atoms with E-state index in [1.807, 2.05) is 43.8 Å². The number of aliphatic hydroxyl groups is 1. The lowest BCUT2D eigenvalue weighted by Crippen LogP contribution is -2.45. The second-order valence-electron chi connectivity index (χ2n) is 12.7. The number of thioether (sulfide) groups is 1. The molecule has 2 N–H and O–H groups in total. The number of carbonyl (C=O) groups excluding carboxylic acids is 1. The van der Waals surface area contributed by atoms with E-state index in [0.717, 1.165) is 38.3 Å². The Bertz CT molecular complexity index is 823. The summed E-state index contributed by atoms with van der Waals surface area (Å²) in [6.07, 6.45) is 18.8. The van der Waals surface area contributed by atoms with Crippen LogP contribution in [0.25, 0.3) is 0 Å². The Balaban J connectivity index is 0.00000157. The summed E-state index contributed by atoms with van der Waals surface area (Å²) in [6, 6.07) is 0. The zero-order valence-corrected chi connectivity index (χ0v) is 29.3. The summed E-state index contributed by atoms with van der Waals surface area (Å²) in [4.78, 5) is 15.7. The van der Waals surface area contributed by atoms with Gasteiger partial charge in [-0.3, -0.25) is 4.79 Å². The predicted molar refractivity (Wildman–Crippen MR) is 183 cm³/mol. The Kier molecular flexibility index (Phi) is 20.2. The van der Waals surface area contributed by atoms with Crippen molar-refractivity contribution in [2.24, 2.45) is 22.7 Å². The summed E-state index contributed by atoms with van der Waals surface area (Å²) in [5.74, 6) is 2.06. The molecule has 3 aliphatic rings. The number of allylic oxidation sites excluding steroid dienone is 5. The fourth-order valence-electron chi connectivity index (χ4n) is 5.91. The molecule has 0 radical (unpaired) electrons. The molecule has 5 nitrogen and oxygen atoms in total. The summed E-state index contributed by atoms with van der Waals surface area (Å²) < 4.78 is 0. The van der Waals surface area contributed by atoms with E-state index in [1.54, 1.807) is 13.8 Å². The minimum atomic E-state index is -0.167. The smallest absolute Gasteiger partial charge is 0.209 e. The van der Waals surface area contributed by atoms with Gasteiger partial charge < -0.3 is 20.2 Å².